The fourth-order valence-electron chi connectivity index (χ4n) is 0.0589. The highest BCUT2D eigenvalue weighted by Crippen LogP contribution is 1.50. The summed E-state index contributed by atoms with van der Waals surface area (Å²) < 4.78 is 4.27. The van der Waals surface area contributed by atoms with Crippen LogP contribution in [0.5, 0.6) is 0 Å². The zero-order chi connectivity index (χ0) is 4.12. The van der Waals surface area contributed by atoms with Crippen molar-refractivity contribution in [1.82, 2.24) is 0 Å². The third-order valence-corrected chi connectivity index (χ3v) is 0.203. The van der Waals surface area contributed by atoms with Crippen LogP contribution < -0.4 is 0 Å². The summed E-state index contributed by atoms with van der Waals surface area (Å²) in [4.78, 5) is 9.15. The molecule has 0 atom stereocenters. The molecular formula is C3H5O2. The van der Waals surface area contributed by atoms with Crippen LogP contribution in [0.1, 0.15) is 0 Å². The second-order valence-electron chi connectivity index (χ2n) is 0.577. The van der Waals surface area contributed by atoms with Gasteiger partial charge >= 0.3 is 0 Å². The summed E-state index contributed by atoms with van der Waals surface area (Å²) in [5.74, 6) is 0. The number of ether oxygens (including phenoxy) is 1. The standard InChI is InChI=1S/C3H5O2/c1-5-3-2-4/h3H2,1H3. The zero-order valence-corrected chi connectivity index (χ0v) is 3.02. The lowest BCUT2D eigenvalue weighted by molar-refractivity contribution is 0.241. The van der Waals surface area contributed by atoms with Gasteiger partial charge in [0.25, 0.3) is 0 Å². The van der Waals surface area contributed by atoms with Crippen LogP contribution in [0.4, 0.5) is 0 Å². The third kappa shape index (κ3) is 3.63. The Balaban J connectivity index is 2.40. The maximum atomic E-state index is 9.15. The summed E-state index contributed by atoms with van der Waals surface area (Å²) in [7, 11) is 1.45. The molecule has 0 fully saturated rings. The summed E-state index contributed by atoms with van der Waals surface area (Å²) in [5.41, 5.74) is 0. The van der Waals surface area contributed by atoms with Crippen molar-refractivity contribution in [1.29, 1.82) is 0 Å². The summed E-state index contributed by atoms with van der Waals surface area (Å²) in [6.07, 6.45) is 1.55. The minimum absolute atomic E-state index is 0.0833. The molecule has 29 valence electrons. The van der Waals surface area contributed by atoms with Crippen LogP contribution in [0.2, 0.25) is 0 Å². The van der Waals surface area contributed by atoms with Gasteiger partial charge in [0.2, 0.25) is 6.29 Å². The molecule has 1 radical (unpaired) electrons. The molecule has 0 N–H and O–H groups in total. The largest absolute Gasteiger partial charge is 0.376 e. The van der Waals surface area contributed by atoms with Crippen molar-refractivity contribution in [3.63, 3.8) is 0 Å². The third-order valence-electron chi connectivity index (χ3n) is 0.203. The van der Waals surface area contributed by atoms with Gasteiger partial charge in [0.05, 0.1) is 0 Å². The molecule has 0 aromatic heterocycles. The molecule has 0 heterocycles. The van der Waals surface area contributed by atoms with Crippen molar-refractivity contribution in [3.05, 3.63) is 0 Å². The van der Waals surface area contributed by atoms with Gasteiger partial charge in [-0.15, -0.1) is 0 Å². The van der Waals surface area contributed by atoms with Crippen molar-refractivity contribution >= 4 is 6.29 Å². The molecular weight excluding hydrogens is 68.0 g/mol. The molecule has 0 aliphatic rings. The summed E-state index contributed by atoms with van der Waals surface area (Å²) in [6.45, 7) is 0.0833. The highest BCUT2D eigenvalue weighted by atomic mass is 16.5. The Bertz CT molecular complexity index is 26.1. The van der Waals surface area contributed by atoms with E-state index in [0.29, 0.717) is 0 Å². The molecule has 0 amide bonds. The Kier molecular flexibility index (Phi) is 3.36. The van der Waals surface area contributed by atoms with Crippen molar-refractivity contribution in [2.24, 2.45) is 0 Å². The maximum absolute atomic E-state index is 9.15. The van der Waals surface area contributed by atoms with Crippen LogP contribution >= 0.6 is 0 Å². The van der Waals surface area contributed by atoms with Crippen molar-refractivity contribution in [2.75, 3.05) is 13.7 Å². The average Bonchev–Trinajstić information content (AvgIpc) is 1.41. The monoisotopic (exact) mass is 73.0 g/mol. The number of methoxy groups -OCH3 is 1. The number of rotatable bonds is 2. The molecule has 0 unspecified atom stereocenters. The molecule has 0 rings (SSSR count). The Labute approximate surface area is 30.7 Å². The second-order valence-corrected chi connectivity index (χ2v) is 0.577. The first-order valence-corrected chi connectivity index (χ1v) is 1.25. The number of hydrogen-bond donors (Lipinski definition) is 0. The zero-order valence-electron chi connectivity index (χ0n) is 3.02. The Morgan fingerprint density at radius 3 is 2.60 bits per heavy atom. The van der Waals surface area contributed by atoms with Crippen LogP contribution in [-0.2, 0) is 9.53 Å². The Morgan fingerprint density at radius 1 is 2.00 bits per heavy atom. The first kappa shape index (κ1) is 4.63. The van der Waals surface area contributed by atoms with Crippen LogP contribution in [0, 0.1) is 0 Å². The van der Waals surface area contributed by atoms with E-state index in [1.165, 1.54) is 7.11 Å². The van der Waals surface area contributed by atoms with Crippen molar-refractivity contribution < 1.29 is 9.53 Å². The molecule has 2 nitrogen and oxygen atoms in total. The predicted molar refractivity (Wildman–Crippen MR) is 17.6 cm³/mol. The van der Waals surface area contributed by atoms with Gasteiger partial charge in [-0.2, -0.15) is 0 Å². The van der Waals surface area contributed by atoms with Gasteiger partial charge in [0, 0.05) is 7.11 Å². The summed E-state index contributed by atoms with van der Waals surface area (Å²) in [5, 5.41) is 0. The predicted octanol–water partition coefficient (Wildman–Crippen LogP) is -0.257. The summed E-state index contributed by atoms with van der Waals surface area (Å²) >= 11 is 0. The smallest absolute Gasteiger partial charge is 0.226 e. The molecule has 2 heteroatoms. The number of carbonyl (C=O) groups excluding carboxylic acids is 1. The van der Waals surface area contributed by atoms with Gasteiger partial charge in [0.1, 0.15) is 6.61 Å². The molecule has 0 aromatic rings. The minimum Gasteiger partial charge on any atom is -0.376 e. The van der Waals surface area contributed by atoms with Gasteiger partial charge in [-0.05, 0) is 0 Å². The van der Waals surface area contributed by atoms with E-state index in [1.807, 2.05) is 0 Å². The SMILES string of the molecule is COC[C]=O. The molecule has 0 saturated heterocycles. The van der Waals surface area contributed by atoms with Crippen LogP contribution in [0.15, 0.2) is 0 Å². The van der Waals surface area contributed by atoms with Crippen LogP contribution in [0.25, 0.3) is 0 Å². The molecule has 0 aliphatic carbocycles. The van der Waals surface area contributed by atoms with Crippen LogP contribution in [-0.4, -0.2) is 20.0 Å². The first-order valence-electron chi connectivity index (χ1n) is 1.25. The van der Waals surface area contributed by atoms with Crippen LogP contribution in [0.3, 0.4) is 0 Å². The summed E-state index contributed by atoms with van der Waals surface area (Å²) in [6, 6.07) is 0. The van der Waals surface area contributed by atoms with E-state index in [9.17, 15) is 0 Å². The van der Waals surface area contributed by atoms with Crippen molar-refractivity contribution in [2.45, 2.75) is 0 Å². The lowest BCUT2D eigenvalue weighted by atomic mass is 10.8. The Hall–Kier alpha value is -0.370. The fourth-order valence-corrected chi connectivity index (χ4v) is 0.0589. The van der Waals surface area contributed by atoms with E-state index in [1.54, 1.807) is 6.29 Å². The van der Waals surface area contributed by atoms with E-state index in [-0.39, 0.29) is 6.61 Å². The fraction of sp³-hybridized carbons (Fsp3) is 0.667. The van der Waals surface area contributed by atoms with Gasteiger partial charge in [-0.1, -0.05) is 0 Å². The van der Waals surface area contributed by atoms with Crippen molar-refractivity contribution in [3.8, 4) is 0 Å². The van der Waals surface area contributed by atoms with Gasteiger partial charge in [-0.3, -0.25) is 4.79 Å². The molecule has 5 heavy (non-hydrogen) atoms. The quantitative estimate of drug-likeness (QED) is 0.450. The van der Waals surface area contributed by atoms with E-state index in [4.69, 9.17) is 4.79 Å². The van der Waals surface area contributed by atoms with E-state index >= 15 is 0 Å². The molecule has 0 spiro atoms. The molecule has 0 saturated carbocycles. The topological polar surface area (TPSA) is 26.3 Å². The lowest BCUT2D eigenvalue weighted by Gasteiger charge is -1.74. The molecule has 0 aromatic carbocycles. The Morgan fingerprint density at radius 2 is 2.60 bits per heavy atom. The number of hydrogen-bond acceptors (Lipinski definition) is 2. The lowest BCUT2D eigenvalue weighted by Crippen LogP contribution is -1.84. The highest BCUT2D eigenvalue weighted by molar-refractivity contribution is 5.51. The normalized spacial score (nSPS) is 7.40. The second kappa shape index (κ2) is 3.63. The first-order chi connectivity index (χ1) is 2.41. The van der Waals surface area contributed by atoms with E-state index in [0.717, 1.165) is 0 Å². The van der Waals surface area contributed by atoms with Gasteiger partial charge in [-0.25, -0.2) is 0 Å². The van der Waals surface area contributed by atoms with E-state index in [2.05, 4.69) is 4.74 Å². The van der Waals surface area contributed by atoms with Gasteiger partial charge in [0.15, 0.2) is 0 Å². The maximum Gasteiger partial charge on any atom is 0.226 e. The van der Waals surface area contributed by atoms with E-state index < -0.39 is 0 Å². The molecule has 0 aliphatic heterocycles. The average molecular weight is 73.1 g/mol. The highest BCUT2D eigenvalue weighted by Gasteiger charge is 1.66. The minimum atomic E-state index is 0.0833. The van der Waals surface area contributed by atoms with Gasteiger partial charge < -0.3 is 4.74 Å². The molecule has 0 bridgehead atoms.